The molecular weight excluding hydrogens is 418 g/mol. The summed E-state index contributed by atoms with van der Waals surface area (Å²) < 4.78 is 5.31. The van der Waals surface area contributed by atoms with Crippen LogP contribution in [0.3, 0.4) is 0 Å². The third-order valence-corrected chi connectivity index (χ3v) is 5.35. The second-order valence-corrected chi connectivity index (χ2v) is 7.38. The van der Waals surface area contributed by atoms with Crippen molar-refractivity contribution in [2.45, 2.75) is 6.04 Å². The number of phenolic OH excluding ortho intramolecular Hbond substituents is 1. The number of phenols is 1. The minimum Gasteiger partial charge on any atom is -0.508 e. The Morgan fingerprint density at radius 2 is 1.71 bits per heavy atom. The van der Waals surface area contributed by atoms with E-state index in [1.54, 1.807) is 60.7 Å². The predicted molar refractivity (Wildman–Crippen MR) is 117 cm³/mol. The zero-order valence-corrected chi connectivity index (χ0v) is 17.2. The topological polar surface area (TPSA) is 87.1 Å². The fourth-order valence-corrected chi connectivity index (χ4v) is 3.82. The Bertz CT molecular complexity index is 1200. The summed E-state index contributed by atoms with van der Waals surface area (Å²) in [5.41, 5.74) is 1.07. The number of rotatable bonds is 4. The zero-order chi connectivity index (χ0) is 22.1. The fourth-order valence-electron chi connectivity index (χ4n) is 3.70. The van der Waals surface area contributed by atoms with E-state index in [0.717, 1.165) is 0 Å². The highest BCUT2D eigenvalue weighted by atomic mass is 35.5. The van der Waals surface area contributed by atoms with E-state index in [0.29, 0.717) is 22.0 Å². The van der Waals surface area contributed by atoms with Crippen LogP contribution in [0.2, 0.25) is 5.02 Å². The van der Waals surface area contributed by atoms with Gasteiger partial charge in [-0.05, 0) is 54.1 Å². The van der Waals surface area contributed by atoms with Gasteiger partial charge in [0.1, 0.15) is 17.3 Å². The number of para-hydroxylation sites is 1. The number of nitrogens with zero attached hydrogens (tertiary/aromatic N) is 1. The number of hydrogen-bond donors (Lipinski definition) is 2. The van der Waals surface area contributed by atoms with Gasteiger partial charge in [-0.3, -0.25) is 14.5 Å². The van der Waals surface area contributed by atoms with Gasteiger partial charge in [-0.15, -0.1) is 0 Å². The Labute approximate surface area is 183 Å². The molecule has 2 N–H and O–H groups in total. The second kappa shape index (κ2) is 8.16. The van der Waals surface area contributed by atoms with Gasteiger partial charge in [0.25, 0.3) is 11.7 Å². The smallest absolute Gasteiger partial charge is 0.300 e. The molecule has 3 aromatic rings. The first-order chi connectivity index (χ1) is 14.9. The molecule has 1 aliphatic rings. The molecule has 3 aromatic carbocycles. The van der Waals surface area contributed by atoms with Gasteiger partial charge >= 0.3 is 0 Å². The molecule has 0 saturated carbocycles. The zero-order valence-electron chi connectivity index (χ0n) is 16.4. The second-order valence-electron chi connectivity index (χ2n) is 6.94. The van der Waals surface area contributed by atoms with Crippen LogP contribution in [0.4, 0.5) is 5.69 Å². The van der Waals surface area contributed by atoms with Gasteiger partial charge in [-0.2, -0.15) is 0 Å². The number of benzene rings is 3. The molecule has 6 nitrogen and oxygen atoms in total. The van der Waals surface area contributed by atoms with E-state index in [-0.39, 0.29) is 22.6 Å². The van der Waals surface area contributed by atoms with Crippen LogP contribution in [0.1, 0.15) is 17.2 Å². The van der Waals surface area contributed by atoms with Crippen LogP contribution in [0.15, 0.2) is 78.4 Å². The Morgan fingerprint density at radius 3 is 2.39 bits per heavy atom. The molecule has 1 unspecified atom stereocenters. The number of amides is 1. The van der Waals surface area contributed by atoms with Crippen LogP contribution < -0.4 is 9.64 Å². The number of aliphatic hydroxyl groups is 1. The van der Waals surface area contributed by atoms with Gasteiger partial charge in [0.15, 0.2) is 0 Å². The largest absolute Gasteiger partial charge is 0.508 e. The first-order valence-electron chi connectivity index (χ1n) is 9.41. The maximum absolute atomic E-state index is 13.1. The molecule has 1 atom stereocenters. The summed E-state index contributed by atoms with van der Waals surface area (Å²) >= 11 is 5.98. The van der Waals surface area contributed by atoms with Crippen LogP contribution in [0, 0.1) is 0 Å². The average molecular weight is 436 g/mol. The molecule has 1 aliphatic heterocycles. The molecule has 0 spiro atoms. The number of hydrogen-bond acceptors (Lipinski definition) is 5. The molecule has 1 fully saturated rings. The molecule has 0 radical (unpaired) electrons. The number of halogens is 1. The number of anilines is 1. The maximum Gasteiger partial charge on any atom is 0.300 e. The van der Waals surface area contributed by atoms with Crippen LogP contribution in [-0.2, 0) is 9.59 Å². The van der Waals surface area contributed by atoms with Crippen molar-refractivity contribution < 1.29 is 24.5 Å². The van der Waals surface area contributed by atoms with Crippen molar-refractivity contribution in [3.05, 3.63) is 94.5 Å². The molecule has 0 aromatic heterocycles. The van der Waals surface area contributed by atoms with Crippen LogP contribution in [-0.4, -0.2) is 29.0 Å². The SMILES string of the molecule is COc1ccccc1/C(O)=C1/C(=O)C(=O)N(c2ccc(Cl)cc2)C1c1cccc(O)c1. The van der Waals surface area contributed by atoms with E-state index in [2.05, 4.69) is 0 Å². The summed E-state index contributed by atoms with van der Waals surface area (Å²) in [6.45, 7) is 0. The first kappa shape index (κ1) is 20.5. The van der Waals surface area contributed by atoms with Crippen LogP contribution in [0.25, 0.3) is 5.76 Å². The van der Waals surface area contributed by atoms with E-state index < -0.39 is 17.7 Å². The van der Waals surface area contributed by atoms with E-state index in [1.165, 1.54) is 24.1 Å². The van der Waals surface area contributed by atoms with E-state index >= 15 is 0 Å². The minimum absolute atomic E-state index is 0.0310. The lowest BCUT2D eigenvalue weighted by Gasteiger charge is -2.25. The summed E-state index contributed by atoms with van der Waals surface area (Å²) in [6.07, 6.45) is 0. The number of aromatic hydroxyl groups is 1. The normalized spacial score (nSPS) is 17.7. The van der Waals surface area contributed by atoms with Crippen molar-refractivity contribution in [1.82, 2.24) is 0 Å². The number of Topliss-reactive ketones (excluding diaryl/α,β-unsaturated/α-hetero) is 1. The summed E-state index contributed by atoms with van der Waals surface area (Å²) in [5, 5.41) is 21.6. The summed E-state index contributed by atoms with van der Waals surface area (Å²) in [5.74, 6) is -1.68. The van der Waals surface area contributed by atoms with Gasteiger partial charge in [0, 0.05) is 10.7 Å². The summed E-state index contributed by atoms with van der Waals surface area (Å²) in [6, 6.07) is 18.4. The Hall–Kier alpha value is -3.77. The molecular formula is C24H18ClNO5. The Kier molecular flexibility index (Phi) is 5.40. The molecule has 0 aliphatic carbocycles. The number of aliphatic hydroxyl groups excluding tert-OH is 1. The van der Waals surface area contributed by atoms with E-state index in [1.807, 2.05) is 0 Å². The molecule has 4 rings (SSSR count). The highest BCUT2D eigenvalue weighted by Gasteiger charge is 2.47. The number of ether oxygens (including phenoxy) is 1. The lowest BCUT2D eigenvalue weighted by atomic mass is 9.94. The predicted octanol–water partition coefficient (Wildman–Crippen LogP) is 4.68. The highest BCUT2D eigenvalue weighted by Crippen LogP contribution is 2.43. The monoisotopic (exact) mass is 435 g/mol. The molecule has 7 heteroatoms. The number of ketones is 1. The van der Waals surface area contributed by atoms with Crippen LogP contribution >= 0.6 is 11.6 Å². The number of carbonyl (C=O) groups is 2. The number of carbonyl (C=O) groups excluding carboxylic acids is 2. The van der Waals surface area contributed by atoms with Gasteiger partial charge in [0.2, 0.25) is 0 Å². The van der Waals surface area contributed by atoms with E-state index in [4.69, 9.17) is 16.3 Å². The molecule has 156 valence electrons. The summed E-state index contributed by atoms with van der Waals surface area (Å²) in [4.78, 5) is 27.5. The third-order valence-electron chi connectivity index (χ3n) is 5.10. The van der Waals surface area contributed by atoms with Crippen LogP contribution in [0.5, 0.6) is 11.5 Å². The molecule has 1 amide bonds. The van der Waals surface area contributed by atoms with Crippen molar-refractivity contribution in [3.8, 4) is 11.5 Å². The van der Waals surface area contributed by atoms with Gasteiger partial charge in [-0.25, -0.2) is 0 Å². The van der Waals surface area contributed by atoms with Crippen molar-refractivity contribution in [3.63, 3.8) is 0 Å². The lowest BCUT2D eigenvalue weighted by molar-refractivity contribution is -0.132. The number of methoxy groups -OCH3 is 1. The van der Waals surface area contributed by atoms with Gasteiger partial charge in [-0.1, -0.05) is 35.9 Å². The van der Waals surface area contributed by atoms with Crippen molar-refractivity contribution in [1.29, 1.82) is 0 Å². The average Bonchev–Trinajstić information content (AvgIpc) is 3.04. The quantitative estimate of drug-likeness (QED) is 0.353. The van der Waals surface area contributed by atoms with Gasteiger partial charge in [0.05, 0.1) is 24.3 Å². The summed E-state index contributed by atoms with van der Waals surface area (Å²) in [7, 11) is 1.45. The van der Waals surface area contributed by atoms with Crippen molar-refractivity contribution in [2.75, 3.05) is 12.0 Å². The minimum atomic E-state index is -0.960. The Morgan fingerprint density at radius 1 is 1.00 bits per heavy atom. The van der Waals surface area contributed by atoms with E-state index in [9.17, 15) is 19.8 Å². The third kappa shape index (κ3) is 3.62. The molecule has 0 bridgehead atoms. The van der Waals surface area contributed by atoms with Crippen molar-refractivity contribution >= 4 is 34.7 Å². The Balaban J connectivity index is 1.98. The first-order valence-corrected chi connectivity index (χ1v) is 9.79. The molecule has 1 heterocycles. The standard InChI is InChI=1S/C24H18ClNO5/c1-31-19-8-3-2-7-18(19)22(28)20-21(14-5-4-6-17(27)13-14)26(24(30)23(20)29)16-11-9-15(25)10-12-16/h2-13,21,27-28H,1H3/b22-20-. The highest BCUT2D eigenvalue weighted by molar-refractivity contribution is 6.51. The fraction of sp³-hybridized carbons (Fsp3) is 0.0833. The molecule has 1 saturated heterocycles. The van der Waals surface area contributed by atoms with Crippen molar-refractivity contribution in [2.24, 2.45) is 0 Å². The lowest BCUT2D eigenvalue weighted by Crippen LogP contribution is -2.29. The van der Waals surface area contributed by atoms with Gasteiger partial charge < -0.3 is 14.9 Å². The maximum atomic E-state index is 13.1. The molecule has 31 heavy (non-hydrogen) atoms.